The fraction of sp³-hybridized carbons (Fsp3) is 0.115. The number of methoxy groups -OCH3 is 1. The Kier molecular flexibility index (Phi) is 4.82. The van der Waals surface area contributed by atoms with E-state index < -0.39 is 17.8 Å². The van der Waals surface area contributed by atoms with Gasteiger partial charge in [-0.2, -0.15) is 0 Å². The molecule has 0 spiro atoms. The van der Waals surface area contributed by atoms with Gasteiger partial charge in [0, 0.05) is 0 Å². The minimum absolute atomic E-state index is 0.0543. The van der Waals surface area contributed by atoms with Gasteiger partial charge in [0.15, 0.2) is 0 Å². The maximum Gasteiger partial charge on any atom is 0.331 e. The van der Waals surface area contributed by atoms with Crippen molar-refractivity contribution in [1.29, 1.82) is 0 Å². The van der Waals surface area contributed by atoms with Crippen molar-refractivity contribution in [1.82, 2.24) is 10.2 Å². The minimum atomic E-state index is -0.725. The van der Waals surface area contributed by atoms with Crippen LogP contribution in [0.2, 0.25) is 0 Å². The first-order chi connectivity index (χ1) is 15.5. The van der Waals surface area contributed by atoms with Crippen LogP contribution < -0.4 is 10.1 Å². The van der Waals surface area contributed by atoms with Crippen LogP contribution in [-0.4, -0.2) is 29.9 Å². The van der Waals surface area contributed by atoms with Gasteiger partial charge in [-0.05, 0) is 58.0 Å². The Morgan fingerprint density at radius 1 is 0.938 bits per heavy atom. The maximum absolute atomic E-state index is 13.0. The van der Waals surface area contributed by atoms with Gasteiger partial charge in [-0.25, -0.2) is 4.79 Å². The van der Waals surface area contributed by atoms with Gasteiger partial charge >= 0.3 is 6.03 Å². The molecule has 1 saturated heterocycles. The molecule has 3 aromatic carbocycles. The second kappa shape index (κ2) is 7.81. The van der Waals surface area contributed by atoms with Gasteiger partial charge in [0.25, 0.3) is 11.8 Å². The molecule has 158 valence electrons. The number of amides is 4. The van der Waals surface area contributed by atoms with E-state index in [1.54, 1.807) is 37.5 Å². The fourth-order valence-corrected chi connectivity index (χ4v) is 4.17. The minimum Gasteiger partial charge on any atom is -0.497 e. The molecule has 0 unspecified atom stereocenters. The molecule has 5 rings (SSSR count). The highest BCUT2D eigenvalue weighted by atomic mass is 16.5. The average Bonchev–Trinajstić information content (AvgIpc) is 3.17. The normalized spacial score (nSPS) is 16.1. The lowest BCUT2D eigenvalue weighted by Crippen LogP contribution is -2.53. The number of barbiturate groups is 1. The molecular formula is C26H20N2O4. The molecule has 32 heavy (non-hydrogen) atoms. The molecule has 1 heterocycles. The third-order valence-corrected chi connectivity index (χ3v) is 5.81. The zero-order chi connectivity index (χ0) is 22.2. The number of hydrogen-bond acceptors (Lipinski definition) is 4. The van der Waals surface area contributed by atoms with Crippen molar-refractivity contribution in [3.63, 3.8) is 0 Å². The number of ether oxygens (including phenoxy) is 1. The molecule has 3 aromatic rings. The third-order valence-electron chi connectivity index (χ3n) is 5.81. The summed E-state index contributed by atoms with van der Waals surface area (Å²) in [6.07, 6.45) is 2.36. The van der Waals surface area contributed by atoms with Crippen molar-refractivity contribution in [2.75, 3.05) is 7.11 Å². The zero-order valence-electron chi connectivity index (χ0n) is 17.4. The molecule has 1 aliphatic carbocycles. The molecule has 0 aromatic heterocycles. The van der Waals surface area contributed by atoms with E-state index in [2.05, 4.69) is 17.4 Å². The van der Waals surface area contributed by atoms with Crippen LogP contribution in [-0.2, 0) is 22.6 Å². The quantitative estimate of drug-likeness (QED) is 0.398. The van der Waals surface area contributed by atoms with E-state index in [0.29, 0.717) is 5.75 Å². The summed E-state index contributed by atoms with van der Waals surface area (Å²) in [5.74, 6) is -0.620. The molecule has 2 aliphatic rings. The van der Waals surface area contributed by atoms with Gasteiger partial charge in [0.2, 0.25) is 0 Å². The molecule has 0 radical (unpaired) electrons. The van der Waals surface area contributed by atoms with Gasteiger partial charge in [-0.3, -0.25) is 19.8 Å². The van der Waals surface area contributed by atoms with E-state index in [0.717, 1.165) is 28.0 Å². The highest BCUT2D eigenvalue weighted by Gasteiger charge is 2.35. The van der Waals surface area contributed by atoms with E-state index in [-0.39, 0.29) is 12.1 Å². The molecular weight excluding hydrogens is 404 g/mol. The molecule has 0 atom stereocenters. The number of carbonyl (C=O) groups excluding carboxylic acids is 3. The zero-order valence-corrected chi connectivity index (χ0v) is 17.4. The van der Waals surface area contributed by atoms with Gasteiger partial charge in [0.1, 0.15) is 11.3 Å². The number of nitrogens with zero attached hydrogens (tertiary/aromatic N) is 1. The van der Waals surface area contributed by atoms with Gasteiger partial charge in [-0.15, -0.1) is 0 Å². The van der Waals surface area contributed by atoms with Gasteiger partial charge in [-0.1, -0.05) is 54.6 Å². The van der Waals surface area contributed by atoms with Crippen LogP contribution in [0.15, 0.2) is 72.3 Å². The molecule has 1 N–H and O–H groups in total. The molecule has 0 bridgehead atoms. The van der Waals surface area contributed by atoms with E-state index >= 15 is 0 Å². The number of rotatable bonds is 4. The Bertz CT molecular complexity index is 1290. The van der Waals surface area contributed by atoms with Gasteiger partial charge < -0.3 is 4.74 Å². The molecule has 1 fully saturated rings. The Morgan fingerprint density at radius 2 is 1.69 bits per heavy atom. The second-order valence-corrected chi connectivity index (χ2v) is 7.81. The maximum atomic E-state index is 13.0. The summed E-state index contributed by atoms with van der Waals surface area (Å²) in [5.41, 5.74) is 6.22. The van der Waals surface area contributed by atoms with Crippen molar-refractivity contribution in [2.45, 2.75) is 13.0 Å². The monoisotopic (exact) mass is 424 g/mol. The predicted molar refractivity (Wildman–Crippen MR) is 120 cm³/mol. The predicted octanol–water partition coefficient (Wildman–Crippen LogP) is 3.93. The highest BCUT2D eigenvalue weighted by Crippen LogP contribution is 2.37. The number of nitrogens with one attached hydrogen (secondary N) is 1. The van der Waals surface area contributed by atoms with Crippen LogP contribution in [0.25, 0.3) is 17.2 Å². The first-order valence-corrected chi connectivity index (χ1v) is 10.3. The third kappa shape index (κ3) is 3.46. The van der Waals surface area contributed by atoms with E-state index in [1.165, 1.54) is 16.7 Å². The van der Waals surface area contributed by atoms with Crippen LogP contribution in [0.5, 0.6) is 5.75 Å². The van der Waals surface area contributed by atoms with E-state index in [4.69, 9.17) is 4.74 Å². The largest absolute Gasteiger partial charge is 0.497 e. The number of benzene rings is 3. The fourth-order valence-electron chi connectivity index (χ4n) is 4.17. The van der Waals surface area contributed by atoms with Crippen molar-refractivity contribution in [3.8, 4) is 16.9 Å². The Labute approximate surface area is 185 Å². The first-order valence-electron chi connectivity index (χ1n) is 10.3. The van der Waals surface area contributed by atoms with Crippen molar-refractivity contribution in [3.05, 3.63) is 94.6 Å². The topological polar surface area (TPSA) is 75.7 Å². The summed E-state index contributed by atoms with van der Waals surface area (Å²) >= 11 is 0. The summed E-state index contributed by atoms with van der Waals surface area (Å²) in [7, 11) is 1.57. The van der Waals surface area contributed by atoms with Crippen LogP contribution in [0, 0.1) is 0 Å². The first kappa shape index (κ1) is 19.8. The average molecular weight is 424 g/mol. The Hall–Kier alpha value is -4.19. The van der Waals surface area contributed by atoms with Gasteiger partial charge in [0.05, 0.1) is 13.7 Å². The lowest BCUT2D eigenvalue weighted by molar-refractivity contribution is -0.130. The smallest absolute Gasteiger partial charge is 0.331 e. The lowest BCUT2D eigenvalue weighted by Gasteiger charge is -2.26. The van der Waals surface area contributed by atoms with Crippen LogP contribution in [0.3, 0.4) is 0 Å². The summed E-state index contributed by atoms with van der Waals surface area (Å²) < 4.78 is 5.14. The molecule has 0 saturated carbocycles. The van der Waals surface area contributed by atoms with Crippen LogP contribution in [0.4, 0.5) is 4.79 Å². The Balaban J connectivity index is 1.42. The summed E-state index contributed by atoms with van der Waals surface area (Å²) in [6, 6.07) is 20.5. The SMILES string of the molecule is COc1ccc(CN2C(=O)NC(=O)/C(=C/c3ccc4c(c3)Cc3ccccc3-4)C2=O)cc1. The second-order valence-electron chi connectivity index (χ2n) is 7.81. The molecule has 6 nitrogen and oxygen atoms in total. The van der Waals surface area contributed by atoms with E-state index in [1.807, 2.05) is 30.3 Å². The highest BCUT2D eigenvalue weighted by molar-refractivity contribution is 6.31. The molecule has 4 amide bonds. The molecule has 6 heteroatoms. The standard InChI is InChI=1S/C26H20N2O4/c1-32-20-9-6-16(7-10-20)15-28-25(30)23(24(29)27-26(28)31)13-17-8-11-22-19(12-17)14-18-4-2-3-5-21(18)22/h2-13H,14-15H2,1H3,(H,27,29,31)/b23-13-. The number of fused-ring (bicyclic) bond motifs is 3. The van der Waals surface area contributed by atoms with Crippen molar-refractivity contribution < 1.29 is 19.1 Å². The van der Waals surface area contributed by atoms with E-state index in [9.17, 15) is 14.4 Å². The number of urea groups is 1. The Morgan fingerprint density at radius 3 is 2.47 bits per heavy atom. The van der Waals surface area contributed by atoms with Crippen LogP contribution in [0.1, 0.15) is 22.3 Å². The summed E-state index contributed by atoms with van der Waals surface area (Å²) in [5, 5.41) is 2.27. The van der Waals surface area contributed by atoms with Crippen molar-refractivity contribution >= 4 is 23.9 Å². The van der Waals surface area contributed by atoms with Crippen LogP contribution >= 0.6 is 0 Å². The number of imide groups is 2. The lowest BCUT2D eigenvalue weighted by atomic mass is 10.0. The summed E-state index contributed by atoms with van der Waals surface area (Å²) in [6.45, 7) is 0.0543. The molecule has 1 aliphatic heterocycles. The van der Waals surface area contributed by atoms with Crippen molar-refractivity contribution in [2.24, 2.45) is 0 Å². The summed E-state index contributed by atoms with van der Waals surface area (Å²) in [4.78, 5) is 38.9. The number of hydrogen-bond donors (Lipinski definition) is 1. The number of carbonyl (C=O) groups is 3.